The summed E-state index contributed by atoms with van der Waals surface area (Å²) in [4.78, 5) is 6.77. The van der Waals surface area contributed by atoms with Gasteiger partial charge in [-0.2, -0.15) is 0 Å². The van der Waals surface area contributed by atoms with E-state index in [4.69, 9.17) is 9.47 Å². The van der Waals surface area contributed by atoms with E-state index in [9.17, 15) is 18.6 Å². The van der Waals surface area contributed by atoms with Gasteiger partial charge in [0.05, 0.1) is 30.9 Å². The van der Waals surface area contributed by atoms with Crippen LogP contribution in [-0.2, 0) is 32.6 Å². The van der Waals surface area contributed by atoms with Crippen LogP contribution in [0.25, 0.3) is 10.9 Å². The largest absolute Gasteiger partial charge is 0.395 e. The number of rotatable bonds is 11. The van der Waals surface area contributed by atoms with Crippen molar-refractivity contribution in [2.24, 2.45) is 0 Å². The molecule has 5 atom stereocenters. The highest BCUT2D eigenvalue weighted by Gasteiger charge is 2.43. The molecule has 3 N–H and O–H groups in total. The van der Waals surface area contributed by atoms with Crippen molar-refractivity contribution in [3.05, 3.63) is 143 Å². The van der Waals surface area contributed by atoms with Gasteiger partial charge in [-0.25, -0.2) is 13.1 Å². The molecule has 1 aromatic heterocycles. The SMILES string of the molecule is O=S(=O)(NCc1ccc(C2O[C@H](CN3CCC[C@H]3CO)[C@@H](c3ccccc3)[C@H](c3ccc(CO)cc3)O2)cc1)c1cccc2cccnc12. The number of pyridine rings is 1. The molecule has 7 rings (SSSR count). The summed E-state index contributed by atoms with van der Waals surface area (Å²) in [7, 11) is -3.82. The van der Waals surface area contributed by atoms with Crippen molar-refractivity contribution in [3.63, 3.8) is 0 Å². The van der Waals surface area contributed by atoms with Gasteiger partial charge in [0.15, 0.2) is 6.29 Å². The Morgan fingerprint density at radius 2 is 1.53 bits per heavy atom. The molecule has 0 spiro atoms. The fraction of sp³-hybridized carbons (Fsp3) is 0.308. The van der Waals surface area contributed by atoms with Crippen LogP contribution in [0.15, 0.2) is 120 Å². The lowest BCUT2D eigenvalue weighted by molar-refractivity contribution is -0.264. The Morgan fingerprint density at radius 1 is 0.796 bits per heavy atom. The molecule has 0 amide bonds. The van der Waals surface area contributed by atoms with Crippen molar-refractivity contribution in [1.82, 2.24) is 14.6 Å². The lowest BCUT2D eigenvalue weighted by Gasteiger charge is -2.44. The van der Waals surface area contributed by atoms with E-state index in [1.165, 1.54) is 0 Å². The number of hydrogen-bond acceptors (Lipinski definition) is 8. The molecule has 49 heavy (non-hydrogen) atoms. The Bertz CT molecular complexity index is 1950. The van der Waals surface area contributed by atoms with E-state index in [0.29, 0.717) is 12.1 Å². The van der Waals surface area contributed by atoms with Crippen LogP contribution in [0.2, 0.25) is 0 Å². The fourth-order valence-electron chi connectivity index (χ4n) is 7.08. The Morgan fingerprint density at radius 3 is 2.29 bits per heavy atom. The first-order chi connectivity index (χ1) is 23.9. The highest BCUT2D eigenvalue weighted by atomic mass is 32.2. The predicted molar refractivity (Wildman–Crippen MR) is 187 cm³/mol. The maximum absolute atomic E-state index is 13.3. The van der Waals surface area contributed by atoms with Gasteiger partial charge in [0.2, 0.25) is 10.0 Å². The first-order valence-electron chi connectivity index (χ1n) is 16.8. The van der Waals surface area contributed by atoms with E-state index in [1.807, 2.05) is 78.9 Å². The molecule has 4 aromatic carbocycles. The number of aliphatic hydroxyl groups excluding tert-OH is 2. The molecule has 1 unspecified atom stereocenters. The minimum atomic E-state index is -3.82. The minimum Gasteiger partial charge on any atom is -0.395 e. The summed E-state index contributed by atoms with van der Waals surface area (Å²) < 4.78 is 43.0. The normalized spacial score (nSPS) is 23.2. The third kappa shape index (κ3) is 7.32. The van der Waals surface area contributed by atoms with Gasteiger partial charge in [0, 0.05) is 42.2 Å². The molecule has 3 heterocycles. The van der Waals surface area contributed by atoms with E-state index < -0.39 is 16.3 Å². The molecule has 9 nitrogen and oxygen atoms in total. The average molecular weight is 680 g/mol. The van der Waals surface area contributed by atoms with Crippen molar-refractivity contribution in [3.8, 4) is 0 Å². The number of ether oxygens (including phenoxy) is 2. The number of fused-ring (bicyclic) bond motifs is 1. The summed E-state index contributed by atoms with van der Waals surface area (Å²) in [5.41, 5.74) is 4.95. The lowest BCUT2D eigenvalue weighted by Crippen LogP contribution is -2.46. The number of aromatic nitrogens is 1. The smallest absolute Gasteiger partial charge is 0.243 e. The molecule has 0 aliphatic carbocycles. The molecule has 2 fully saturated rings. The first-order valence-corrected chi connectivity index (χ1v) is 18.2. The number of benzene rings is 4. The number of para-hydroxylation sites is 1. The quantitative estimate of drug-likeness (QED) is 0.165. The van der Waals surface area contributed by atoms with Crippen molar-refractivity contribution in [1.29, 1.82) is 0 Å². The summed E-state index contributed by atoms with van der Waals surface area (Å²) in [5.74, 6) is -0.130. The number of sulfonamides is 1. The zero-order valence-corrected chi connectivity index (χ0v) is 28.0. The highest BCUT2D eigenvalue weighted by Crippen LogP contribution is 2.47. The van der Waals surface area contributed by atoms with Crippen molar-refractivity contribution < 1.29 is 28.1 Å². The number of aliphatic hydroxyl groups is 2. The second kappa shape index (κ2) is 14.9. The van der Waals surface area contributed by atoms with E-state index in [-0.39, 0.29) is 48.8 Å². The molecule has 254 valence electrons. The fourth-order valence-corrected chi connectivity index (χ4v) is 8.28. The van der Waals surface area contributed by atoms with Gasteiger partial charge < -0.3 is 19.7 Å². The average Bonchev–Trinajstić information content (AvgIpc) is 3.61. The highest BCUT2D eigenvalue weighted by molar-refractivity contribution is 7.89. The van der Waals surface area contributed by atoms with Crippen LogP contribution in [0.5, 0.6) is 0 Å². The van der Waals surface area contributed by atoms with Crippen LogP contribution in [0.1, 0.15) is 59.0 Å². The monoisotopic (exact) mass is 679 g/mol. The topological polar surface area (TPSA) is 121 Å². The van der Waals surface area contributed by atoms with Crippen LogP contribution in [0.3, 0.4) is 0 Å². The molecule has 10 heteroatoms. The molecule has 0 saturated carbocycles. The van der Waals surface area contributed by atoms with Gasteiger partial charge in [-0.15, -0.1) is 0 Å². The van der Waals surface area contributed by atoms with Crippen molar-refractivity contribution in [2.75, 3.05) is 19.7 Å². The number of nitrogens with one attached hydrogen (secondary N) is 1. The molecule has 0 radical (unpaired) electrons. The van der Waals surface area contributed by atoms with Crippen LogP contribution in [0.4, 0.5) is 0 Å². The number of nitrogens with zero attached hydrogens (tertiary/aromatic N) is 2. The van der Waals surface area contributed by atoms with E-state index in [0.717, 1.165) is 52.6 Å². The molecule has 5 aromatic rings. The maximum Gasteiger partial charge on any atom is 0.243 e. The van der Waals surface area contributed by atoms with E-state index in [1.54, 1.807) is 24.4 Å². The van der Waals surface area contributed by atoms with E-state index >= 15 is 0 Å². The van der Waals surface area contributed by atoms with Crippen molar-refractivity contribution >= 4 is 20.9 Å². The lowest BCUT2D eigenvalue weighted by atomic mass is 9.83. The van der Waals surface area contributed by atoms with Gasteiger partial charge in [0.1, 0.15) is 4.90 Å². The van der Waals surface area contributed by atoms with Crippen molar-refractivity contribution in [2.45, 2.75) is 61.3 Å². The molecular weight excluding hydrogens is 639 g/mol. The van der Waals surface area contributed by atoms with Crippen LogP contribution >= 0.6 is 0 Å². The third-order valence-electron chi connectivity index (χ3n) is 9.70. The maximum atomic E-state index is 13.3. The molecular formula is C39H41N3O6S. The number of likely N-dealkylation sites (tertiary alicyclic amines) is 1. The first kappa shape index (κ1) is 33.5. The van der Waals surface area contributed by atoms with Crippen LogP contribution < -0.4 is 4.72 Å². The van der Waals surface area contributed by atoms with Gasteiger partial charge in [-0.1, -0.05) is 97.1 Å². The van der Waals surface area contributed by atoms with Gasteiger partial charge in [-0.3, -0.25) is 9.88 Å². The molecule has 2 aliphatic heterocycles. The second-order valence-corrected chi connectivity index (χ2v) is 14.5. The number of hydrogen-bond donors (Lipinski definition) is 3. The van der Waals surface area contributed by atoms with Crippen LogP contribution in [-0.4, -0.2) is 60.4 Å². The minimum absolute atomic E-state index is 0.0406. The molecule has 2 aliphatic rings. The summed E-state index contributed by atoms with van der Waals surface area (Å²) in [6, 6.07) is 34.6. The predicted octanol–water partition coefficient (Wildman–Crippen LogP) is 5.60. The van der Waals surface area contributed by atoms with E-state index in [2.05, 4.69) is 26.7 Å². The Hall–Kier alpha value is -4.00. The Labute approximate surface area is 287 Å². The summed E-state index contributed by atoms with van der Waals surface area (Å²) in [5, 5.41) is 20.6. The molecule has 2 saturated heterocycles. The van der Waals surface area contributed by atoms with Crippen LogP contribution in [0, 0.1) is 0 Å². The second-order valence-electron chi connectivity index (χ2n) is 12.8. The zero-order chi connectivity index (χ0) is 33.8. The van der Waals surface area contributed by atoms with Gasteiger partial charge in [0.25, 0.3) is 0 Å². The van der Waals surface area contributed by atoms with Gasteiger partial charge >= 0.3 is 0 Å². The Balaban J connectivity index is 1.15. The van der Waals surface area contributed by atoms with Gasteiger partial charge in [-0.05, 0) is 53.8 Å². The Kier molecular flexibility index (Phi) is 10.2. The summed E-state index contributed by atoms with van der Waals surface area (Å²) in [6.45, 7) is 1.71. The summed E-state index contributed by atoms with van der Waals surface area (Å²) >= 11 is 0. The summed E-state index contributed by atoms with van der Waals surface area (Å²) in [6.07, 6.45) is 2.28. The molecule has 0 bridgehead atoms. The zero-order valence-electron chi connectivity index (χ0n) is 27.1. The third-order valence-corrected chi connectivity index (χ3v) is 11.1. The standard InChI is InChI=1S/C39H41N3O6S/c43-25-28-15-17-31(18-16-28)38-36(29-7-2-1-3-8-29)34(24-42-22-6-11-33(42)26-44)47-39(48-38)32-19-13-27(14-20-32)23-41-49(45,46)35-12-4-9-30-10-5-21-40-37(30)35/h1-5,7-10,12-21,33-34,36,38-39,41,43-44H,6,11,22-26H2/t33-,34+,36+,38-,39?/m0/s1.